The summed E-state index contributed by atoms with van der Waals surface area (Å²) in [5.74, 6) is 3.17. The third-order valence-corrected chi connectivity index (χ3v) is 6.73. The second-order valence-electron chi connectivity index (χ2n) is 8.67. The second kappa shape index (κ2) is 5.28. The molecule has 0 aromatic rings. The minimum atomic E-state index is 0.00813. The predicted octanol–water partition coefficient (Wildman–Crippen LogP) is 4.00. The maximum atomic E-state index is 5.53. The predicted molar refractivity (Wildman–Crippen MR) is 83.8 cm³/mol. The van der Waals surface area contributed by atoms with Gasteiger partial charge in [0.05, 0.1) is 5.60 Å². The van der Waals surface area contributed by atoms with E-state index in [1.807, 2.05) is 7.11 Å². The number of rotatable bonds is 6. The van der Waals surface area contributed by atoms with Gasteiger partial charge in [0.25, 0.3) is 0 Å². The van der Waals surface area contributed by atoms with Crippen LogP contribution >= 0.6 is 0 Å². The quantitative estimate of drug-likeness (QED) is 0.793. The highest BCUT2D eigenvalue weighted by Gasteiger charge is 2.52. The smallest absolute Gasteiger partial charge is 0.0634 e. The van der Waals surface area contributed by atoms with Gasteiger partial charge in [-0.1, -0.05) is 0 Å². The molecule has 1 N–H and O–H groups in total. The average Bonchev–Trinajstić information content (AvgIpc) is 2.37. The molecule has 0 heterocycles. The van der Waals surface area contributed by atoms with Crippen LogP contribution in [0.25, 0.3) is 0 Å². The third-order valence-electron chi connectivity index (χ3n) is 6.73. The summed E-state index contributed by atoms with van der Waals surface area (Å²) in [6, 6.07) is 0.684. The van der Waals surface area contributed by atoms with E-state index in [2.05, 4.69) is 26.1 Å². The van der Waals surface area contributed by atoms with Gasteiger partial charge in [-0.25, -0.2) is 0 Å². The van der Waals surface area contributed by atoms with E-state index in [-0.39, 0.29) is 5.60 Å². The van der Waals surface area contributed by atoms with Crippen molar-refractivity contribution in [3.05, 3.63) is 0 Å². The van der Waals surface area contributed by atoms with Gasteiger partial charge in [0.1, 0.15) is 0 Å². The number of nitrogens with one attached hydrogen (secondary N) is 1. The maximum Gasteiger partial charge on any atom is 0.0634 e. The van der Waals surface area contributed by atoms with Crippen molar-refractivity contribution in [2.75, 3.05) is 13.7 Å². The van der Waals surface area contributed by atoms with Gasteiger partial charge in [-0.15, -0.1) is 0 Å². The van der Waals surface area contributed by atoms with Gasteiger partial charge in [0, 0.05) is 13.2 Å². The Morgan fingerprint density at radius 2 is 1.60 bits per heavy atom. The van der Waals surface area contributed by atoms with Crippen molar-refractivity contribution < 1.29 is 4.74 Å². The standard InChI is InChI=1S/C18H33NO/c1-13(19-6-5-17(2,3)20-4)18-10-14-7-15(11-18)9-16(8-14)12-18/h13-16,19H,5-12H2,1-4H3. The molecule has 0 radical (unpaired) electrons. The summed E-state index contributed by atoms with van der Waals surface area (Å²) in [4.78, 5) is 0. The van der Waals surface area contributed by atoms with Gasteiger partial charge >= 0.3 is 0 Å². The fraction of sp³-hybridized carbons (Fsp3) is 1.00. The molecule has 4 bridgehead atoms. The Morgan fingerprint density at radius 1 is 1.10 bits per heavy atom. The van der Waals surface area contributed by atoms with Crippen molar-refractivity contribution in [1.82, 2.24) is 5.32 Å². The summed E-state index contributed by atoms with van der Waals surface area (Å²) in [6.45, 7) is 7.91. The molecule has 4 aliphatic carbocycles. The fourth-order valence-electron chi connectivity index (χ4n) is 5.62. The Morgan fingerprint density at radius 3 is 2.05 bits per heavy atom. The summed E-state index contributed by atoms with van der Waals surface area (Å²) >= 11 is 0. The highest BCUT2D eigenvalue weighted by atomic mass is 16.5. The van der Waals surface area contributed by atoms with E-state index in [0.717, 1.165) is 30.7 Å². The lowest BCUT2D eigenvalue weighted by Gasteiger charge is -2.59. The first kappa shape index (κ1) is 14.8. The molecule has 4 aliphatic rings. The summed E-state index contributed by atoms with van der Waals surface area (Å²) in [5.41, 5.74) is 0.639. The first-order valence-corrected chi connectivity index (χ1v) is 8.71. The SMILES string of the molecule is COC(C)(C)CCNC(C)C12CC3CC(CC(C3)C1)C2. The fourth-order valence-corrected chi connectivity index (χ4v) is 5.62. The third kappa shape index (κ3) is 2.78. The molecule has 1 unspecified atom stereocenters. The molecule has 4 fully saturated rings. The van der Waals surface area contributed by atoms with Crippen molar-refractivity contribution in [3.8, 4) is 0 Å². The minimum Gasteiger partial charge on any atom is -0.379 e. The summed E-state index contributed by atoms with van der Waals surface area (Å²) in [7, 11) is 1.82. The van der Waals surface area contributed by atoms with E-state index >= 15 is 0 Å². The van der Waals surface area contributed by atoms with Crippen molar-refractivity contribution >= 4 is 0 Å². The van der Waals surface area contributed by atoms with Crippen LogP contribution in [0.1, 0.15) is 65.7 Å². The normalized spacial score (nSPS) is 41.1. The van der Waals surface area contributed by atoms with Crippen LogP contribution in [0.15, 0.2) is 0 Å². The lowest BCUT2D eigenvalue weighted by atomic mass is 9.48. The number of hydrogen-bond acceptors (Lipinski definition) is 2. The molecule has 0 spiro atoms. The van der Waals surface area contributed by atoms with E-state index in [9.17, 15) is 0 Å². The van der Waals surface area contributed by atoms with Gasteiger partial charge in [-0.05, 0) is 95.4 Å². The average molecular weight is 279 g/mol. The molecular weight excluding hydrogens is 246 g/mol. The van der Waals surface area contributed by atoms with Crippen LogP contribution in [-0.2, 0) is 4.74 Å². The topological polar surface area (TPSA) is 21.3 Å². The number of hydrogen-bond donors (Lipinski definition) is 1. The highest BCUT2D eigenvalue weighted by molar-refractivity contribution is 5.05. The molecule has 0 aliphatic heterocycles. The zero-order chi connectivity index (χ0) is 14.4. The Kier molecular flexibility index (Phi) is 3.92. The largest absolute Gasteiger partial charge is 0.379 e. The van der Waals surface area contributed by atoms with E-state index in [1.54, 1.807) is 19.3 Å². The van der Waals surface area contributed by atoms with Gasteiger partial charge in [-0.3, -0.25) is 0 Å². The van der Waals surface area contributed by atoms with Gasteiger partial charge < -0.3 is 10.1 Å². The molecule has 4 rings (SSSR count). The van der Waals surface area contributed by atoms with Gasteiger partial charge in [0.15, 0.2) is 0 Å². The Balaban J connectivity index is 1.56. The van der Waals surface area contributed by atoms with Crippen LogP contribution in [0.2, 0.25) is 0 Å². The Labute approximate surface area is 125 Å². The van der Waals surface area contributed by atoms with E-state index in [1.165, 1.54) is 19.3 Å². The molecular formula is C18H33NO. The molecule has 20 heavy (non-hydrogen) atoms. The van der Waals surface area contributed by atoms with Crippen LogP contribution in [0.3, 0.4) is 0 Å². The zero-order valence-corrected chi connectivity index (χ0v) is 13.9. The summed E-state index contributed by atoms with van der Waals surface area (Å²) in [6.07, 6.45) is 10.2. The van der Waals surface area contributed by atoms with Gasteiger partial charge in [0.2, 0.25) is 0 Å². The Hall–Kier alpha value is -0.0800. The van der Waals surface area contributed by atoms with Crippen molar-refractivity contribution in [3.63, 3.8) is 0 Å². The van der Waals surface area contributed by atoms with Crippen LogP contribution < -0.4 is 5.32 Å². The zero-order valence-electron chi connectivity index (χ0n) is 13.9. The molecule has 2 nitrogen and oxygen atoms in total. The molecule has 4 saturated carbocycles. The summed E-state index contributed by atoms with van der Waals surface area (Å²) < 4.78 is 5.53. The monoisotopic (exact) mass is 279 g/mol. The number of methoxy groups -OCH3 is 1. The van der Waals surface area contributed by atoms with Crippen molar-refractivity contribution in [1.29, 1.82) is 0 Å². The van der Waals surface area contributed by atoms with E-state index in [0.29, 0.717) is 11.5 Å². The molecule has 2 heteroatoms. The first-order chi connectivity index (χ1) is 9.42. The highest BCUT2D eigenvalue weighted by Crippen LogP contribution is 2.61. The molecule has 116 valence electrons. The number of ether oxygens (including phenoxy) is 1. The maximum absolute atomic E-state index is 5.53. The van der Waals surface area contributed by atoms with Crippen LogP contribution in [-0.4, -0.2) is 25.3 Å². The summed E-state index contributed by atoms with van der Waals surface area (Å²) in [5, 5.41) is 3.85. The van der Waals surface area contributed by atoms with E-state index in [4.69, 9.17) is 4.74 Å². The Bertz CT molecular complexity index is 314. The van der Waals surface area contributed by atoms with Crippen LogP contribution in [0, 0.1) is 23.2 Å². The molecule has 0 saturated heterocycles. The van der Waals surface area contributed by atoms with Crippen molar-refractivity contribution in [2.24, 2.45) is 23.2 Å². The first-order valence-electron chi connectivity index (χ1n) is 8.71. The lowest BCUT2D eigenvalue weighted by Crippen LogP contribution is -2.55. The molecule has 0 aromatic heterocycles. The van der Waals surface area contributed by atoms with Crippen molar-refractivity contribution in [2.45, 2.75) is 77.4 Å². The minimum absolute atomic E-state index is 0.00813. The molecule has 1 atom stereocenters. The van der Waals surface area contributed by atoms with Crippen LogP contribution in [0.5, 0.6) is 0 Å². The molecule has 0 amide bonds. The second-order valence-corrected chi connectivity index (χ2v) is 8.67. The molecule has 0 aromatic carbocycles. The lowest BCUT2D eigenvalue weighted by molar-refractivity contribution is -0.0714. The van der Waals surface area contributed by atoms with E-state index < -0.39 is 0 Å². The van der Waals surface area contributed by atoms with Crippen LogP contribution in [0.4, 0.5) is 0 Å². The van der Waals surface area contributed by atoms with Gasteiger partial charge in [-0.2, -0.15) is 0 Å².